The highest BCUT2D eigenvalue weighted by atomic mass is 19.1. The van der Waals surface area contributed by atoms with Gasteiger partial charge in [0.2, 0.25) is 0 Å². The first-order chi connectivity index (χ1) is 11.2. The summed E-state index contributed by atoms with van der Waals surface area (Å²) in [5.74, 6) is -1.01. The molecule has 0 bridgehead atoms. The number of hydrogen-bond donors (Lipinski definition) is 0. The number of carbonyl (C=O) groups is 2. The van der Waals surface area contributed by atoms with Gasteiger partial charge in [0.1, 0.15) is 22.7 Å². The van der Waals surface area contributed by atoms with Crippen LogP contribution in [0.15, 0.2) is 18.2 Å². The highest BCUT2D eigenvalue weighted by Gasteiger charge is 2.35. The van der Waals surface area contributed by atoms with Crippen LogP contribution in [0.2, 0.25) is 0 Å². The van der Waals surface area contributed by atoms with Crippen molar-refractivity contribution in [3.63, 3.8) is 0 Å². The van der Waals surface area contributed by atoms with E-state index in [0.29, 0.717) is 4.90 Å². The monoisotopic (exact) mass is 356 g/mol. The fourth-order valence-electron chi connectivity index (χ4n) is 1.67. The van der Waals surface area contributed by atoms with Gasteiger partial charge in [0.25, 0.3) is 5.69 Å². The predicted molar refractivity (Wildman–Crippen MR) is 88.0 cm³/mol. The number of hydrogen-bond acceptors (Lipinski definition) is 6. The Morgan fingerprint density at radius 2 is 1.48 bits per heavy atom. The van der Waals surface area contributed by atoms with Crippen molar-refractivity contribution in [3.05, 3.63) is 34.1 Å². The molecule has 0 atom stereocenters. The Balaban J connectivity index is 3.41. The number of nitrogens with zero attached hydrogens (tertiary/aromatic N) is 2. The zero-order chi connectivity index (χ0) is 19.6. The van der Waals surface area contributed by atoms with Gasteiger partial charge in [-0.1, -0.05) is 0 Å². The van der Waals surface area contributed by atoms with Crippen molar-refractivity contribution in [2.75, 3.05) is 4.90 Å². The molecule has 0 spiro atoms. The zero-order valence-corrected chi connectivity index (χ0v) is 15.0. The maximum absolute atomic E-state index is 14.2. The molecule has 0 unspecified atom stereocenters. The third-order valence-corrected chi connectivity index (χ3v) is 2.53. The van der Waals surface area contributed by atoms with Crippen LogP contribution in [0.5, 0.6) is 0 Å². The van der Waals surface area contributed by atoms with Crippen molar-refractivity contribution in [1.82, 2.24) is 0 Å². The number of halogens is 1. The Kier molecular flexibility index (Phi) is 5.72. The van der Waals surface area contributed by atoms with Crippen LogP contribution in [0.25, 0.3) is 0 Å². The van der Waals surface area contributed by atoms with Crippen LogP contribution in [0.3, 0.4) is 0 Å². The van der Waals surface area contributed by atoms with Gasteiger partial charge < -0.3 is 9.47 Å². The first kappa shape index (κ1) is 20.3. The normalized spacial score (nSPS) is 11.6. The average Bonchev–Trinajstić information content (AvgIpc) is 2.36. The van der Waals surface area contributed by atoms with E-state index in [1.54, 1.807) is 41.5 Å². The minimum Gasteiger partial charge on any atom is -0.443 e. The molecule has 0 aliphatic rings. The van der Waals surface area contributed by atoms with Gasteiger partial charge in [-0.2, -0.15) is 4.90 Å². The Bertz CT molecular complexity index is 663. The SMILES string of the molecule is CC(C)(C)OC(=O)N(C(=O)OC(C)(C)C)c1cc([N+](=O)[O-])ccc1F. The first-order valence-corrected chi connectivity index (χ1v) is 7.41. The van der Waals surface area contributed by atoms with E-state index in [2.05, 4.69) is 0 Å². The number of benzene rings is 1. The lowest BCUT2D eigenvalue weighted by molar-refractivity contribution is -0.384. The largest absolute Gasteiger partial charge is 0.443 e. The van der Waals surface area contributed by atoms with Crippen LogP contribution in [0.4, 0.5) is 25.4 Å². The molecule has 0 radical (unpaired) electrons. The fraction of sp³-hybridized carbons (Fsp3) is 0.500. The third-order valence-electron chi connectivity index (χ3n) is 2.53. The molecule has 0 heterocycles. The molecule has 1 aromatic rings. The van der Waals surface area contributed by atoms with Crippen molar-refractivity contribution < 1.29 is 28.4 Å². The van der Waals surface area contributed by atoms with Crippen molar-refractivity contribution in [3.8, 4) is 0 Å². The van der Waals surface area contributed by atoms with Gasteiger partial charge in [-0.3, -0.25) is 10.1 Å². The third kappa shape index (κ3) is 6.02. The van der Waals surface area contributed by atoms with Crippen LogP contribution in [-0.4, -0.2) is 28.3 Å². The summed E-state index contributed by atoms with van der Waals surface area (Å²) in [5.41, 5.74) is -3.07. The minimum absolute atomic E-state index is 0.304. The Labute approximate surface area is 144 Å². The smallest absolute Gasteiger partial charge is 0.424 e. The van der Waals surface area contributed by atoms with Gasteiger partial charge in [0.15, 0.2) is 0 Å². The van der Waals surface area contributed by atoms with Gasteiger partial charge in [-0.25, -0.2) is 14.0 Å². The molecule has 138 valence electrons. The van der Waals surface area contributed by atoms with Gasteiger partial charge in [-0.05, 0) is 47.6 Å². The molecule has 0 fully saturated rings. The molecule has 1 aromatic carbocycles. The van der Waals surface area contributed by atoms with Gasteiger partial charge in [0, 0.05) is 12.1 Å². The topological polar surface area (TPSA) is 99.0 Å². The summed E-state index contributed by atoms with van der Waals surface area (Å²) in [6.45, 7) is 9.35. The van der Waals surface area contributed by atoms with E-state index in [0.717, 1.165) is 18.2 Å². The molecule has 0 aliphatic heterocycles. The van der Waals surface area contributed by atoms with E-state index in [1.165, 1.54) is 0 Å². The first-order valence-electron chi connectivity index (χ1n) is 7.41. The molecule has 8 nitrogen and oxygen atoms in total. The van der Waals surface area contributed by atoms with E-state index >= 15 is 0 Å². The number of imide groups is 1. The Morgan fingerprint density at radius 1 is 1.04 bits per heavy atom. The maximum Gasteiger partial charge on any atom is 0.424 e. The van der Waals surface area contributed by atoms with E-state index in [1.807, 2.05) is 0 Å². The molecule has 1 rings (SSSR count). The maximum atomic E-state index is 14.2. The van der Waals surface area contributed by atoms with Crippen molar-refractivity contribution in [1.29, 1.82) is 0 Å². The summed E-state index contributed by atoms with van der Waals surface area (Å²) in [7, 11) is 0. The quantitative estimate of drug-likeness (QED) is 0.575. The van der Waals surface area contributed by atoms with Crippen LogP contribution >= 0.6 is 0 Å². The van der Waals surface area contributed by atoms with E-state index < -0.39 is 45.5 Å². The number of carbonyl (C=O) groups excluding carboxylic acids is 2. The predicted octanol–water partition coefficient (Wildman–Crippen LogP) is 4.41. The Hall–Kier alpha value is -2.71. The second-order valence-electron chi connectivity index (χ2n) is 7.19. The number of non-ortho nitro benzene ring substituents is 1. The highest BCUT2D eigenvalue weighted by Crippen LogP contribution is 2.28. The second-order valence-corrected chi connectivity index (χ2v) is 7.19. The standard InChI is InChI=1S/C16H21FN2O6/c1-15(2,3)24-13(20)18(14(21)25-16(4,5)6)12-9-10(19(22)23)7-8-11(12)17/h7-9H,1-6H3. The molecule has 0 N–H and O–H groups in total. The summed E-state index contributed by atoms with van der Waals surface area (Å²) in [6.07, 6.45) is -2.41. The summed E-state index contributed by atoms with van der Waals surface area (Å²) >= 11 is 0. The number of rotatable bonds is 2. The van der Waals surface area contributed by atoms with E-state index in [9.17, 15) is 24.1 Å². The lowest BCUT2D eigenvalue weighted by Gasteiger charge is -2.28. The van der Waals surface area contributed by atoms with E-state index in [-0.39, 0.29) is 0 Å². The van der Waals surface area contributed by atoms with Crippen molar-refractivity contribution >= 4 is 23.6 Å². The molecular weight excluding hydrogens is 335 g/mol. The molecule has 0 aromatic heterocycles. The van der Waals surface area contributed by atoms with Crippen molar-refractivity contribution in [2.45, 2.75) is 52.7 Å². The van der Waals surface area contributed by atoms with Gasteiger partial charge >= 0.3 is 12.2 Å². The number of anilines is 1. The zero-order valence-electron chi connectivity index (χ0n) is 15.0. The molecule has 2 amide bonds. The van der Waals surface area contributed by atoms with Crippen LogP contribution < -0.4 is 4.90 Å². The molecule has 0 saturated carbocycles. The summed E-state index contributed by atoms with van der Waals surface area (Å²) < 4.78 is 24.4. The van der Waals surface area contributed by atoms with Crippen LogP contribution in [0.1, 0.15) is 41.5 Å². The van der Waals surface area contributed by atoms with Gasteiger partial charge in [-0.15, -0.1) is 0 Å². The number of amides is 2. The molecule has 9 heteroatoms. The van der Waals surface area contributed by atoms with Gasteiger partial charge in [0.05, 0.1) is 4.92 Å². The molecule has 0 saturated heterocycles. The van der Waals surface area contributed by atoms with Crippen LogP contribution in [0, 0.1) is 15.9 Å². The number of ether oxygens (including phenoxy) is 2. The highest BCUT2D eigenvalue weighted by molar-refractivity contribution is 6.09. The fourth-order valence-corrected chi connectivity index (χ4v) is 1.67. The minimum atomic E-state index is -1.21. The summed E-state index contributed by atoms with van der Waals surface area (Å²) in [6, 6.07) is 2.47. The number of nitro groups is 1. The number of nitro benzene ring substituents is 1. The van der Waals surface area contributed by atoms with E-state index in [4.69, 9.17) is 9.47 Å². The Morgan fingerprint density at radius 3 is 1.84 bits per heavy atom. The molecule has 25 heavy (non-hydrogen) atoms. The summed E-state index contributed by atoms with van der Waals surface area (Å²) in [5, 5.41) is 10.9. The molecule has 0 aliphatic carbocycles. The average molecular weight is 356 g/mol. The lowest BCUT2D eigenvalue weighted by Crippen LogP contribution is -2.44. The lowest BCUT2D eigenvalue weighted by atomic mass is 10.2. The molecular formula is C16H21FN2O6. The van der Waals surface area contributed by atoms with Crippen molar-refractivity contribution in [2.24, 2.45) is 0 Å². The summed E-state index contributed by atoms with van der Waals surface area (Å²) in [4.78, 5) is 35.2. The second kappa shape index (κ2) is 7.04. The van der Waals surface area contributed by atoms with Crippen LogP contribution in [-0.2, 0) is 9.47 Å².